The van der Waals surface area contributed by atoms with Crippen molar-refractivity contribution in [1.82, 2.24) is 0 Å². The highest BCUT2D eigenvalue weighted by Crippen LogP contribution is 2.41. The lowest BCUT2D eigenvalue weighted by Gasteiger charge is -2.40. The molecule has 0 saturated carbocycles. The van der Waals surface area contributed by atoms with Crippen LogP contribution in [0.25, 0.3) is 0 Å². The van der Waals surface area contributed by atoms with Gasteiger partial charge in [-0.1, -0.05) is 13.8 Å². The Hall–Kier alpha value is 0.270. The molecule has 0 amide bonds. The minimum Gasteiger partial charge on any atom is -0.374 e. The molecule has 2 heterocycles. The van der Waals surface area contributed by atoms with Crippen molar-refractivity contribution in [2.45, 2.75) is 57.6 Å². The standard InChI is InChI=1S/C14H27NOS/c1-11(2)3-4-13(15)12-5-7-16-14(9-12)6-8-17-10-14/h11-13H,3-10,15H2,1-2H3. The zero-order valence-corrected chi connectivity index (χ0v) is 12.1. The minimum atomic E-state index is 0.197. The van der Waals surface area contributed by atoms with Crippen LogP contribution in [-0.2, 0) is 4.74 Å². The van der Waals surface area contributed by atoms with Crippen molar-refractivity contribution in [2.75, 3.05) is 18.1 Å². The fourth-order valence-corrected chi connectivity index (χ4v) is 4.43. The molecular weight excluding hydrogens is 230 g/mol. The van der Waals surface area contributed by atoms with Crippen LogP contribution in [0.15, 0.2) is 0 Å². The molecule has 2 fully saturated rings. The SMILES string of the molecule is CC(C)CCC(N)C1CCOC2(CCSC2)C1. The topological polar surface area (TPSA) is 35.2 Å². The molecular formula is C14H27NOS. The van der Waals surface area contributed by atoms with Crippen LogP contribution in [0.3, 0.4) is 0 Å². The van der Waals surface area contributed by atoms with Crippen LogP contribution in [0.5, 0.6) is 0 Å². The van der Waals surface area contributed by atoms with E-state index in [0.29, 0.717) is 12.0 Å². The number of nitrogens with two attached hydrogens (primary N) is 1. The van der Waals surface area contributed by atoms with Crippen LogP contribution in [0.2, 0.25) is 0 Å². The first kappa shape index (κ1) is 13.7. The molecule has 3 unspecified atom stereocenters. The maximum atomic E-state index is 6.39. The molecule has 0 bridgehead atoms. The summed E-state index contributed by atoms with van der Waals surface area (Å²) in [5, 5.41) is 0. The van der Waals surface area contributed by atoms with E-state index >= 15 is 0 Å². The van der Waals surface area contributed by atoms with Gasteiger partial charge in [-0.15, -0.1) is 0 Å². The zero-order valence-electron chi connectivity index (χ0n) is 11.3. The summed E-state index contributed by atoms with van der Waals surface area (Å²) in [6.07, 6.45) is 6.07. The van der Waals surface area contributed by atoms with Gasteiger partial charge in [0.2, 0.25) is 0 Å². The second-order valence-corrected chi connectivity index (χ2v) is 7.33. The Morgan fingerprint density at radius 1 is 1.41 bits per heavy atom. The first-order valence-electron chi connectivity index (χ1n) is 7.09. The van der Waals surface area contributed by atoms with Crippen LogP contribution in [0, 0.1) is 11.8 Å². The van der Waals surface area contributed by atoms with Crippen LogP contribution in [0.1, 0.15) is 46.0 Å². The van der Waals surface area contributed by atoms with Crippen molar-refractivity contribution in [3.63, 3.8) is 0 Å². The van der Waals surface area contributed by atoms with Gasteiger partial charge in [-0.25, -0.2) is 0 Å². The van der Waals surface area contributed by atoms with E-state index in [4.69, 9.17) is 10.5 Å². The predicted molar refractivity (Wildman–Crippen MR) is 75.4 cm³/mol. The van der Waals surface area contributed by atoms with Gasteiger partial charge < -0.3 is 10.5 Å². The molecule has 2 aliphatic heterocycles. The zero-order chi connectivity index (χ0) is 12.3. The fourth-order valence-electron chi connectivity index (χ4n) is 3.06. The average Bonchev–Trinajstić information content (AvgIpc) is 2.74. The van der Waals surface area contributed by atoms with Gasteiger partial charge in [-0.2, -0.15) is 11.8 Å². The van der Waals surface area contributed by atoms with Gasteiger partial charge in [-0.05, 0) is 49.7 Å². The Balaban J connectivity index is 1.84. The molecule has 2 saturated heterocycles. The lowest BCUT2D eigenvalue weighted by Crippen LogP contribution is -2.45. The molecule has 0 aromatic rings. The quantitative estimate of drug-likeness (QED) is 0.840. The molecule has 100 valence electrons. The van der Waals surface area contributed by atoms with Crippen molar-refractivity contribution in [3.05, 3.63) is 0 Å². The average molecular weight is 257 g/mol. The molecule has 2 N–H and O–H groups in total. The highest BCUT2D eigenvalue weighted by Gasteiger charge is 2.41. The van der Waals surface area contributed by atoms with Gasteiger partial charge in [-0.3, -0.25) is 0 Å². The Bertz CT molecular complexity index is 238. The fraction of sp³-hybridized carbons (Fsp3) is 1.00. The van der Waals surface area contributed by atoms with E-state index in [-0.39, 0.29) is 5.60 Å². The predicted octanol–water partition coefficient (Wildman–Crippen LogP) is 3.05. The van der Waals surface area contributed by atoms with Gasteiger partial charge >= 0.3 is 0 Å². The van der Waals surface area contributed by atoms with E-state index in [1.54, 1.807) is 0 Å². The van der Waals surface area contributed by atoms with Crippen LogP contribution in [-0.4, -0.2) is 29.8 Å². The van der Waals surface area contributed by atoms with Gasteiger partial charge in [0, 0.05) is 18.4 Å². The summed E-state index contributed by atoms with van der Waals surface area (Å²) < 4.78 is 6.06. The van der Waals surface area contributed by atoms with Gasteiger partial charge in [0.1, 0.15) is 0 Å². The number of hydrogen-bond acceptors (Lipinski definition) is 3. The molecule has 2 aliphatic rings. The largest absolute Gasteiger partial charge is 0.374 e. The number of hydrogen-bond donors (Lipinski definition) is 1. The molecule has 3 heteroatoms. The highest BCUT2D eigenvalue weighted by molar-refractivity contribution is 7.99. The highest BCUT2D eigenvalue weighted by atomic mass is 32.2. The van der Waals surface area contributed by atoms with E-state index < -0.39 is 0 Å². The maximum absolute atomic E-state index is 6.39. The Labute approximate surface area is 110 Å². The van der Waals surface area contributed by atoms with Crippen molar-refractivity contribution in [2.24, 2.45) is 17.6 Å². The second kappa shape index (κ2) is 5.94. The third kappa shape index (κ3) is 3.62. The van der Waals surface area contributed by atoms with Crippen LogP contribution < -0.4 is 5.73 Å². The van der Waals surface area contributed by atoms with Gasteiger partial charge in [0.25, 0.3) is 0 Å². The Morgan fingerprint density at radius 2 is 2.24 bits per heavy atom. The van der Waals surface area contributed by atoms with Crippen molar-refractivity contribution in [3.8, 4) is 0 Å². The van der Waals surface area contributed by atoms with Gasteiger partial charge in [0.05, 0.1) is 5.60 Å². The van der Waals surface area contributed by atoms with E-state index in [1.165, 1.54) is 43.6 Å². The summed E-state index contributed by atoms with van der Waals surface area (Å²) in [7, 11) is 0. The minimum absolute atomic E-state index is 0.197. The molecule has 3 atom stereocenters. The second-order valence-electron chi connectivity index (χ2n) is 6.22. The monoisotopic (exact) mass is 257 g/mol. The summed E-state index contributed by atoms with van der Waals surface area (Å²) >= 11 is 2.05. The first-order chi connectivity index (χ1) is 8.11. The molecule has 0 aromatic heterocycles. The Kier molecular flexibility index (Phi) is 4.79. The first-order valence-corrected chi connectivity index (χ1v) is 8.24. The Morgan fingerprint density at radius 3 is 2.88 bits per heavy atom. The number of ether oxygens (including phenoxy) is 1. The van der Waals surface area contributed by atoms with Crippen molar-refractivity contribution in [1.29, 1.82) is 0 Å². The summed E-state index contributed by atoms with van der Waals surface area (Å²) in [5.41, 5.74) is 6.58. The maximum Gasteiger partial charge on any atom is 0.0783 e. The van der Waals surface area contributed by atoms with Crippen LogP contribution >= 0.6 is 11.8 Å². The number of thioether (sulfide) groups is 1. The van der Waals surface area contributed by atoms with E-state index in [1.807, 2.05) is 11.8 Å². The van der Waals surface area contributed by atoms with Crippen LogP contribution in [0.4, 0.5) is 0 Å². The third-order valence-corrected chi connectivity index (χ3v) is 5.50. The van der Waals surface area contributed by atoms with Crippen molar-refractivity contribution >= 4 is 11.8 Å². The summed E-state index contributed by atoms with van der Waals surface area (Å²) in [6.45, 7) is 5.50. The normalized spacial score (nSPS) is 35.6. The molecule has 0 aliphatic carbocycles. The molecule has 1 spiro atoms. The lowest BCUT2D eigenvalue weighted by atomic mass is 9.80. The molecule has 2 rings (SSSR count). The molecule has 0 radical (unpaired) electrons. The van der Waals surface area contributed by atoms with E-state index in [0.717, 1.165) is 12.5 Å². The molecule has 0 aromatic carbocycles. The molecule has 17 heavy (non-hydrogen) atoms. The summed E-state index contributed by atoms with van der Waals surface area (Å²) in [4.78, 5) is 0. The summed E-state index contributed by atoms with van der Waals surface area (Å²) in [5.74, 6) is 3.94. The van der Waals surface area contributed by atoms with Crippen molar-refractivity contribution < 1.29 is 4.74 Å². The van der Waals surface area contributed by atoms with Gasteiger partial charge in [0.15, 0.2) is 0 Å². The van der Waals surface area contributed by atoms with E-state index in [9.17, 15) is 0 Å². The number of rotatable bonds is 4. The lowest BCUT2D eigenvalue weighted by molar-refractivity contribution is -0.0836. The smallest absolute Gasteiger partial charge is 0.0783 e. The third-order valence-electron chi connectivity index (χ3n) is 4.28. The molecule has 2 nitrogen and oxygen atoms in total. The van der Waals surface area contributed by atoms with E-state index in [2.05, 4.69) is 13.8 Å². The summed E-state index contributed by atoms with van der Waals surface area (Å²) in [6, 6.07) is 0.392.